The number of hydrogen-bond acceptors (Lipinski definition) is 3. The van der Waals surface area contributed by atoms with Crippen LogP contribution < -0.4 is 5.73 Å². The number of nitrogens with zero attached hydrogens (tertiary/aromatic N) is 2. The van der Waals surface area contributed by atoms with Crippen LogP contribution in [0.5, 0.6) is 0 Å². The SMILES string of the molecule is CC(c1cncc(F)c1)N1CCC(CN)C1. The van der Waals surface area contributed by atoms with Crippen molar-refractivity contribution in [3.63, 3.8) is 0 Å². The van der Waals surface area contributed by atoms with Crippen molar-refractivity contribution in [2.75, 3.05) is 19.6 Å². The van der Waals surface area contributed by atoms with Gasteiger partial charge in [0.05, 0.1) is 6.20 Å². The van der Waals surface area contributed by atoms with Gasteiger partial charge in [0.15, 0.2) is 0 Å². The predicted octanol–water partition coefficient (Wildman–Crippen LogP) is 1.56. The van der Waals surface area contributed by atoms with E-state index < -0.39 is 0 Å². The molecule has 0 amide bonds. The molecular weight excluding hydrogens is 205 g/mol. The average Bonchev–Trinajstić information content (AvgIpc) is 2.76. The van der Waals surface area contributed by atoms with Crippen LogP contribution in [-0.2, 0) is 0 Å². The van der Waals surface area contributed by atoms with Crippen LogP contribution in [0.25, 0.3) is 0 Å². The fraction of sp³-hybridized carbons (Fsp3) is 0.583. The second kappa shape index (κ2) is 4.89. The summed E-state index contributed by atoms with van der Waals surface area (Å²) in [6.07, 6.45) is 4.12. The molecule has 1 aliphatic rings. The molecule has 2 unspecified atom stereocenters. The quantitative estimate of drug-likeness (QED) is 0.845. The van der Waals surface area contributed by atoms with E-state index in [0.717, 1.165) is 31.6 Å². The minimum atomic E-state index is -0.265. The molecule has 1 aliphatic heterocycles. The van der Waals surface area contributed by atoms with Gasteiger partial charge in [-0.15, -0.1) is 0 Å². The van der Waals surface area contributed by atoms with Crippen molar-refractivity contribution in [3.05, 3.63) is 29.8 Å². The topological polar surface area (TPSA) is 42.2 Å². The Kier molecular flexibility index (Phi) is 3.51. The van der Waals surface area contributed by atoms with Crippen molar-refractivity contribution >= 4 is 0 Å². The number of nitrogens with two attached hydrogens (primary N) is 1. The molecule has 88 valence electrons. The van der Waals surface area contributed by atoms with Gasteiger partial charge in [0.2, 0.25) is 0 Å². The lowest BCUT2D eigenvalue weighted by atomic mass is 10.1. The summed E-state index contributed by atoms with van der Waals surface area (Å²) in [6.45, 7) is 4.88. The Morgan fingerprint density at radius 2 is 2.44 bits per heavy atom. The van der Waals surface area contributed by atoms with Gasteiger partial charge in [-0.2, -0.15) is 0 Å². The molecule has 3 nitrogen and oxygen atoms in total. The Labute approximate surface area is 95.5 Å². The molecule has 0 spiro atoms. The standard InChI is InChI=1S/C12H18FN3/c1-9(11-4-12(13)7-15-6-11)16-3-2-10(5-14)8-16/h4,6-7,9-10H,2-3,5,8,14H2,1H3. The fourth-order valence-corrected chi connectivity index (χ4v) is 2.27. The van der Waals surface area contributed by atoms with E-state index in [1.807, 2.05) is 0 Å². The summed E-state index contributed by atoms with van der Waals surface area (Å²) in [7, 11) is 0. The van der Waals surface area contributed by atoms with E-state index in [1.54, 1.807) is 12.3 Å². The molecule has 2 atom stereocenters. The summed E-state index contributed by atoms with van der Waals surface area (Å²) in [5.74, 6) is 0.322. The van der Waals surface area contributed by atoms with E-state index in [4.69, 9.17) is 5.73 Å². The Hall–Kier alpha value is -1.00. The van der Waals surface area contributed by atoms with Crippen molar-refractivity contribution in [1.29, 1.82) is 0 Å². The fourth-order valence-electron chi connectivity index (χ4n) is 2.27. The average molecular weight is 223 g/mol. The van der Waals surface area contributed by atoms with Crippen molar-refractivity contribution < 1.29 is 4.39 Å². The van der Waals surface area contributed by atoms with Gasteiger partial charge >= 0.3 is 0 Å². The van der Waals surface area contributed by atoms with Crippen LogP contribution in [0.15, 0.2) is 18.5 Å². The molecule has 0 radical (unpaired) electrons. The monoisotopic (exact) mass is 223 g/mol. The summed E-state index contributed by atoms with van der Waals surface area (Å²) >= 11 is 0. The number of rotatable bonds is 3. The van der Waals surface area contributed by atoms with Gasteiger partial charge in [-0.05, 0) is 44.0 Å². The van der Waals surface area contributed by atoms with E-state index in [-0.39, 0.29) is 11.9 Å². The summed E-state index contributed by atoms with van der Waals surface area (Å²) in [6, 6.07) is 1.78. The number of likely N-dealkylation sites (tertiary alicyclic amines) is 1. The number of hydrogen-bond donors (Lipinski definition) is 1. The summed E-state index contributed by atoms with van der Waals surface area (Å²) < 4.78 is 13.1. The van der Waals surface area contributed by atoms with E-state index in [9.17, 15) is 4.39 Å². The largest absolute Gasteiger partial charge is 0.330 e. The van der Waals surface area contributed by atoms with Gasteiger partial charge in [0, 0.05) is 18.8 Å². The summed E-state index contributed by atoms with van der Waals surface area (Å²) in [4.78, 5) is 6.23. The summed E-state index contributed by atoms with van der Waals surface area (Å²) in [5.41, 5.74) is 6.60. The zero-order valence-electron chi connectivity index (χ0n) is 9.56. The number of aromatic nitrogens is 1. The summed E-state index contributed by atoms with van der Waals surface area (Å²) in [5, 5.41) is 0. The molecular formula is C12H18FN3. The normalized spacial score (nSPS) is 23.6. The van der Waals surface area contributed by atoms with Crippen molar-refractivity contribution in [3.8, 4) is 0 Å². The minimum Gasteiger partial charge on any atom is -0.330 e. The van der Waals surface area contributed by atoms with Crippen molar-refractivity contribution in [2.45, 2.75) is 19.4 Å². The number of pyridine rings is 1. The zero-order chi connectivity index (χ0) is 11.5. The van der Waals surface area contributed by atoms with Crippen LogP contribution in [0.2, 0.25) is 0 Å². The van der Waals surface area contributed by atoms with Crippen molar-refractivity contribution in [1.82, 2.24) is 9.88 Å². The molecule has 1 aromatic rings. The second-order valence-corrected chi connectivity index (χ2v) is 4.50. The highest BCUT2D eigenvalue weighted by Crippen LogP contribution is 2.26. The first-order valence-electron chi connectivity index (χ1n) is 5.75. The van der Waals surface area contributed by atoms with E-state index in [1.165, 1.54) is 6.20 Å². The first-order chi connectivity index (χ1) is 7.70. The smallest absolute Gasteiger partial charge is 0.141 e. The van der Waals surface area contributed by atoms with Gasteiger partial charge in [-0.3, -0.25) is 9.88 Å². The van der Waals surface area contributed by atoms with Crippen LogP contribution in [0.3, 0.4) is 0 Å². The third-order valence-electron chi connectivity index (χ3n) is 3.41. The molecule has 4 heteroatoms. The van der Waals surface area contributed by atoms with Crippen molar-refractivity contribution in [2.24, 2.45) is 11.7 Å². The molecule has 1 saturated heterocycles. The van der Waals surface area contributed by atoms with E-state index in [2.05, 4.69) is 16.8 Å². The first kappa shape index (κ1) is 11.5. The Balaban J connectivity index is 2.05. The van der Waals surface area contributed by atoms with E-state index in [0.29, 0.717) is 5.92 Å². The highest BCUT2D eigenvalue weighted by molar-refractivity contribution is 5.14. The highest BCUT2D eigenvalue weighted by Gasteiger charge is 2.25. The van der Waals surface area contributed by atoms with Gasteiger partial charge in [0.25, 0.3) is 0 Å². The third kappa shape index (κ3) is 2.39. The van der Waals surface area contributed by atoms with Gasteiger partial charge in [0.1, 0.15) is 5.82 Å². The lowest BCUT2D eigenvalue weighted by molar-refractivity contribution is 0.252. The second-order valence-electron chi connectivity index (χ2n) is 4.50. The molecule has 0 bridgehead atoms. The molecule has 0 aromatic carbocycles. The van der Waals surface area contributed by atoms with Gasteiger partial charge in [-0.25, -0.2) is 4.39 Å². The van der Waals surface area contributed by atoms with Crippen LogP contribution in [-0.4, -0.2) is 29.5 Å². The molecule has 16 heavy (non-hydrogen) atoms. The van der Waals surface area contributed by atoms with Crippen LogP contribution >= 0.6 is 0 Å². The van der Waals surface area contributed by atoms with Crippen LogP contribution in [0, 0.1) is 11.7 Å². The predicted molar refractivity (Wildman–Crippen MR) is 61.3 cm³/mol. The maximum absolute atomic E-state index is 13.1. The number of halogens is 1. The molecule has 2 rings (SSSR count). The molecule has 2 N–H and O–H groups in total. The highest BCUT2D eigenvalue weighted by atomic mass is 19.1. The Bertz CT molecular complexity index is 356. The van der Waals surface area contributed by atoms with Gasteiger partial charge < -0.3 is 5.73 Å². The minimum absolute atomic E-state index is 0.222. The van der Waals surface area contributed by atoms with Crippen LogP contribution in [0.4, 0.5) is 4.39 Å². The lowest BCUT2D eigenvalue weighted by Gasteiger charge is -2.24. The van der Waals surface area contributed by atoms with Gasteiger partial charge in [-0.1, -0.05) is 0 Å². The maximum atomic E-state index is 13.1. The third-order valence-corrected chi connectivity index (χ3v) is 3.41. The molecule has 0 saturated carbocycles. The molecule has 1 aromatic heterocycles. The first-order valence-corrected chi connectivity index (χ1v) is 5.75. The molecule has 0 aliphatic carbocycles. The Morgan fingerprint density at radius 3 is 3.06 bits per heavy atom. The zero-order valence-corrected chi connectivity index (χ0v) is 9.56. The van der Waals surface area contributed by atoms with E-state index >= 15 is 0 Å². The Morgan fingerprint density at radius 1 is 1.62 bits per heavy atom. The molecule has 1 fully saturated rings. The lowest BCUT2D eigenvalue weighted by Crippen LogP contribution is -2.26. The molecule has 2 heterocycles. The maximum Gasteiger partial charge on any atom is 0.141 e. The van der Waals surface area contributed by atoms with Crippen LogP contribution in [0.1, 0.15) is 24.9 Å².